The van der Waals surface area contributed by atoms with Gasteiger partial charge in [-0.25, -0.2) is 0 Å². The molecule has 1 aliphatic carbocycles. The van der Waals surface area contributed by atoms with Crippen LogP contribution < -0.4 is 10.1 Å². The highest BCUT2D eigenvalue weighted by atomic mass is 79.9. The monoisotopic (exact) mass is 331 g/mol. The molecule has 1 atom stereocenters. The Kier molecular flexibility index (Phi) is 4.51. The lowest BCUT2D eigenvalue weighted by atomic mass is 10.3. The molecule has 1 aromatic carbocycles. The summed E-state index contributed by atoms with van der Waals surface area (Å²) in [6.07, 6.45) is 1.91. The summed E-state index contributed by atoms with van der Waals surface area (Å²) in [4.78, 5) is 11.8. The molecule has 0 bridgehead atoms. The first-order valence-corrected chi connectivity index (χ1v) is 7.13. The molecule has 1 N–H and O–H groups in total. The molecule has 0 saturated heterocycles. The van der Waals surface area contributed by atoms with Crippen LogP contribution in [0.2, 0.25) is 5.02 Å². The fourth-order valence-corrected chi connectivity index (χ4v) is 2.05. The molecule has 5 heteroatoms. The summed E-state index contributed by atoms with van der Waals surface area (Å²) in [6.45, 7) is 2.48. The predicted molar refractivity (Wildman–Crippen MR) is 75.0 cm³/mol. The van der Waals surface area contributed by atoms with E-state index in [1.165, 1.54) is 12.8 Å². The zero-order valence-electron chi connectivity index (χ0n) is 10.1. The maximum atomic E-state index is 11.8. The van der Waals surface area contributed by atoms with Gasteiger partial charge in [-0.1, -0.05) is 17.7 Å². The fraction of sp³-hybridized carbons (Fsp3) is 0.462. The van der Waals surface area contributed by atoms with Crippen LogP contribution in [0.1, 0.15) is 19.8 Å². The Balaban J connectivity index is 1.90. The average molecular weight is 333 g/mol. The van der Waals surface area contributed by atoms with Gasteiger partial charge in [0.25, 0.3) is 5.91 Å². The minimum atomic E-state index is -0.529. The normalized spacial score (nSPS) is 16.2. The lowest BCUT2D eigenvalue weighted by molar-refractivity contribution is -0.127. The topological polar surface area (TPSA) is 38.3 Å². The second kappa shape index (κ2) is 5.93. The first kappa shape index (κ1) is 13.7. The Morgan fingerprint density at radius 3 is 3.00 bits per heavy atom. The number of hydrogen-bond donors (Lipinski definition) is 1. The number of carbonyl (C=O) groups excluding carboxylic acids is 1. The quantitative estimate of drug-likeness (QED) is 0.897. The molecule has 18 heavy (non-hydrogen) atoms. The Morgan fingerprint density at radius 1 is 1.61 bits per heavy atom. The molecule has 0 spiro atoms. The minimum Gasteiger partial charge on any atom is -0.480 e. The van der Waals surface area contributed by atoms with Gasteiger partial charge in [0, 0.05) is 6.54 Å². The van der Waals surface area contributed by atoms with E-state index in [2.05, 4.69) is 21.2 Å². The highest BCUT2D eigenvalue weighted by molar-refractivity contribution is 9.10. The molecule has 1 unspecified atom stereocenters. The van der Waals surface area contributed by atoms with Gasteiger partial charge in [0.1, 0.15) is 5.75 Å². The third-order valence-corrected chi connectivity index (χ3v) is 4.21. The van der Waals surface area contributed by atoms with Crippen LogP contribution in [0.5, 0.6) is 5.75 Å². The zero-order valence-corrected chi connectivity index (χ0v) is 12.4. The van der Waals surface area contributed by atoms with E-state index in [-0.39, 0.29) is 5.91 Å². The van der Waals surface area contributed by atoms with Gasteiger partial charge in [0.2, 0.25) is 0 Å². The Morgan fingerprint density at radius 2 is 2.33 bits per heavy atom. The van der Waals surface area contributed by atoms with E-state index in [0.29, 0.717) is 21.2 Å². The van der Waals surface area contributed by atoms with Crippen molar-refractivity contribution in [2.24, 2.45) is 5.92 Å². The molecule has 0 radical (unpaired) electrons. The highest BCUT2D eigenvalue weighted by Crippen LogP contribution is 2.32. The van der Waals surface area contributed by atoms with Crippen molar-refractivity contribution in [2.75, 3.05) is 6.54 Å². The van der Waals surface area contributed by atoms with Crippen molar-refractivity contribution in [3.8, 4) is 5.75 Å². The van der Waals surface area contributed by atoms with Crippen LogP contribution >= 0.6 is 27.5 Å². The smallest absolute Gasteiger partial charge is 0.260 e. The number of nitrogens with one attached hydrogen (secondary N) is 1. The number of hydrogen-bond acceptors (Lipinski definition) is 2. The molecule has 1 fully saturated rings. The molecule has 1 amide bonds. The van der Waals surface area contributed by atoms with Gasteiger partial charge in [-0.2, -0.15) is 0 Å². The highest BCUT2D eigenvalue weighted by Gasteiger charge is 2.23. The third kappa shape index (κ3) is 3.62. The van der Waals surface area contributed by atoms with Gasteiger partial charge < -0.3 is 10.1 Å². The van der Waals surface area contributed by atoms with Crippen LogP contribution in [0.25, 0.3) is 0 Å². The molecule has 1 aliphatic rings. The van der Waals surface area contributed by atoms with Crippen molar-refractivity contribution in [1.82, 2.24) is 5.32 Å². The van der Waals surface area contributed by atoms with E-state index in [9.17, 15) is 4.79 Å². The van der Waals surface area contributed by atoms with Crippen LogP contribution in [0.15, 0.2) is 22.7 Å². The number of benzene rings is 1. The summed E-state index contributed by atoms with van der Waals surface area (Å²) in [5, 5.41) is 3.45. The van der Waals surface area contributed by atoms with Crippen LogP contribution in [-0.2, 0) is 4.79 Å². The molecule has 98 valence electrons. The summed E-state index contributed by atoms with van der Waals surface area (Å²) < 4.78 is 6.27. The number of halogens is 2. The van der Waals surface area contributed by atoms with E-state index in [0.717, 1.165) is 6.54 Å². The standard InChI is InChI=1S/C13H15BrClNO2/c1-8(13(17)16-7-9-5-6-9)18-11-4-2-3-10(15)12(11)14/h2-4,8-9H,5-7H2,1H3,(H,16,17). The minimum absolute atomic E-state index is 0.0891. The lowest BCUT2D eigenvalue weighted by Crippen LogP contribution is -2.37. The molecule has 1 saturated carbocycles. The van der Waals surface area contributed by atoms with Crippen LogP contribution in [0, 0.1) is 5.92 Å². The van der Waals surface area contributed by atoms with Crippen molar-refractivity contribution >= 4 is 33.4 Å². The van der Waals surface area contributed by atoms with E-state index in [1.807, 2.05) is 0 Å². The predicted octanol–water partition coefficient (Wildman–Crippen LogP) is 3.40. The van der Waals surface area contributed by atoms with E-state index >= 15 is 0 Å². The summed E-state index contributed by atoms with van der Waals surface area (Å²) >= 11 is 9.30. The van der Waals surface area contributed by atoms with Crippen molar-refractivity contribution in [3.63, 3.8) is 0 Å². The van der Waals surface area contributed by atoms with E-state index < -0.39 is 6.10 Å². The SMILES string of the molecule is CC(Oc1cccc(Cl)c1Br)C(=O)NCC1CC1. The largest absolute Gasteiger partial charge is 0.480 e. The van der Waals surface area contributed by atoms with Gasteiger partial charge >= 0.3 is 0 Å². The van der Waals surface area contributed by atoms with Gasteiger partial charge in [-0.15, -0.1) is 0 Å². The van der Waals surface area contributed by atoms with Crippen molar-refractivity contribution in [1.29, 1.82) is 0 Å². The molecular formula is C13H15BrClNO2. The molecule has 3 nitrogen and oxygen atoms in total. The van der Waals surface area contributed by atoms with Crippen LogP contribution in [-0.4, -0.2) is 18.6 Å². The van der Waals surface area contributed by atoms with Crippen molar-refractivity contribution < 1.29 is 9.53 Å². The molecule has 1 aromatic rings. The number of amides is 1. The molecule has 0 aliphatic heterocycles. The summed E-state index contributed by atoms with van der Waals surface area (Å²) in [5.41, 5.74) is 0. The second-order valence-electron chi connectivity index (χ2n) is 4.50. The summed E-state index contributed by atoms with van der Waals surface area (Å²) in [7, 11) is 0. The molecule has 0 aromatic heterocycles. The summed E-state index contributed by atoms with van der Waals surface area (Å²) in [5.74, 6) is 1.16. The Labute approximate surface area is 120 Å². The summed E-state index contributed by atoms with van der Waals surface area (Å²) in [6, 6.07) is 5.33. The Bertz CT molecular complexity index is 449. The Hall–Kier alpha value is -0.740. The molecule has 2 rings (SSSR count). The van der Waals surface area contributed by atoms with Gasteiger partial charge in [0.05, 0.1) is 9.50 Å². The fourth-order valence-electron chi connectivity index (χ4n) is 1.53. The van der Waals surface area contributed by atoms with Crippen LogP contribution in [0.4, 0.5) is 0 Å². The van der Waals surface area contributed by atoms with Gasteiger partial charge in [-0.3, -0.25) is 4.79 Å². The number of rotatable bonds is 5. The zero-order chi connectivity index (χ0) is 13.1. The first-order chi connectivity index (χ1) is 8.58. The maximum Gasteiger partial charge on any atom is 0.260 e. The van der Waals surface area contributed by atoms with E-state index in [1.54, 1.807) is 25.1 Å². The third-order valence-electron chi connectivity index (χ3n) is 2.85. The average Bonchev–Trinajstić information content (AvgIpc) is 3.16. The molecule has 0 heterocycles. The first-order valence-electron chi connectivity index (χ1n) is 5.96. The molecular weight excluding hydrogens is 318 g/mol. The maximum absolute atomic E-state index is 11.8. The number of carbonyl (C=O) groups is 1. The number of ether oxygens (including phenoxy) is 1. The van der Waals surface area contributed by atoms with Crippen LogP contribution in [0.3, 0.4) is 0 Å². The van der Waals surface area contributed by atoms with Gasteiger partial charge in [-0.05, 0) is 53.7 Å². The van der Waals surface area contributed by atoms with Gasteiger partial charge in [0.15, 0.2) is 6.10 Å². The van der Waals surface area contributed by atoms with Crippen molar-refractivity contribution in [3.05, 3.63) is 27.7 Å². The second-order valence-corrected chi connectivity index (χ2v) is 5.70. The van der Waals surface area contributed by atoms with E-state index in [4.69, 9.17) is 16.3 Å². The van der Waals surface area contributed by atoms with Crippen molar-refractivity contribution in [2.45, 2.75) is 25.9 Å². The lowest BCUT2D eigenvalue weighted by Gasteiger charge is -2.16.